The minimum Gasteiger partial charge on any atom is -0.350 e. The fourth-order valence-corrected chi connectivity index (χ4v) is 3.75. The number of nitrogens with zero attached hydrogens (tertiary/aromatic N) is 5. The normalized spacial score (nSPS) is 11.4. The Balaban J connectivity index is 1.41. The Labute approximate surface area is 197 Å². The molecule has 3 rings (SSSR count). The zero-order chi connectivity index (χ0) is 24.6. The van der Waals surface area contributed by atoms with Crippen molar-refractivity contribution >= 4 is 23.2 Å². The van der Waals surface area contributed by atoms with Crippen LogP contribution in [0.4, 0.5) is 13.2 Å². The number of carbonyl (C=O) groups excluding carboxylic acids is 2. The van der Waals surface area contributed by atoms with Gasteiger partial charge in [0.15, 0.2) is 5.69 Å². The lowest BCUT2D eigenvalue weighted by Gasteiger charge is -2.09. The predicted molar refractivity (Wildman–Crippen MR) is 118 cm³/mol. The Bertz CT molecular complexity index is 1110. The number of rotatable bonds is 11. The first kappa shape index (κ1) is 25.3. The van der Waals surface area contributed by atoms with E-state index >= 15 is 0 Å². The number of nitrogens with one attached hydrogen (secondary N) is 2. The first-order valence-electron chi connectivity index (χ1n) is 10.7. The van der Waals surface area contributed by atoms with Crippen molar-refractivity contribution in [3.63, 3.8) is 0 Å². The largest absolute Gasteiger partial charge is 0.416 e. The minimum absolute atomic E-state index is 0.0596. The van der Waals surface area contributed by atoms with Crippen molar-refractivity contribution in [2.75, 3.05) is 6.54 Å². The molecule has 0 aliphatic carbocycles. The predicted octanol–water partition coefficient (Wildman–Crippen LogP) is 3.24. The number of aryl methyl sites for hydroxylation is 2. The van der Waals surface area contributed by atoms with Gasteiger partial charge in [-0.3, -0.25) is 14.3 Å². The smallest absolute Gasteiger partial charge is 0.350 e. The van der Waals surface area contributed by atoms with E-state index in [9.17, 15) is 22.8 Å². The summed E-state index contributed by atoms with van der Waals surface area (Å²) in [6.45, 7) is 3.03. The molecule has 0 saturated carbocycles. The molecule has 9 nitrogen and oxygen atoms in total. The lowest BCUT2D eigenvalue weighted by Crippen LogP contribution is -2.23. The third-order valence-corrected chi connectivity index (χ3v) is 5.68. The molecule has 0 atom stereocenters. The summed E-state index contributed by atoms with van der Waals surface area (Å²) >= 11 is 1.27. The van der Waals surface area contributed by atoms with Gasteiger partial charge >= 0.3 is 6.18 Å². The summed E-state index contributed by atoms with van der Waals surface area (Å²) in [6, 6.07) is 4.77. The van der Waals surface area contributed by atoms with E-state index in [1.165, 1.54) is 34.3 Å². The van der Waals surface area contributed by atoms with E-state index in [1.54, 1.807) is 0 Å². The molecule has 182 valence electrons. The number of hydrogen-bond donors (Lipinski definition) is 2. The van der Waals surface area contributed by atoms with Crippen molar-refractivity contribution in [1.29, 1.82) is 0 Å². The topological polar surface area (TPSA) is 115 Å². The molecule has 0 unspecified atom stereocenters. The maximum Gasteiger partial charge on any atom is 0.416 e. The standard InChI is InChI=1S/C21H24F3N7O2S/c1-2-9-25-19(33)20-29-28-17(34-20)8-3-4-10-31-13-16(27-30-31)18(32)26-12-14-6-5-7-15(11-14)21(22,23)24/h5-7,11,13H,2-4,8-10,12H2,1H3,(H,25,33)(H,26,32). The molecule has 0 spiro atoms. The molecule has 3 aromatic rings. The highest BCUT2D eigenvalue weighted by Crippen LogP contribution is 2.29. The molecule has 2 heterocycles. The van der Waals surface area contributed by atoms with Gasteiger partial charge in [0, 0.05) is 26.1 Å². The summed E-state index contributed by atoms with van der Waals surface area (Å²) in [4.78, 5) is 24.1. The van der Waals surface area contributed by atoms with Crippen molar-refractivity contribution in [2.24, 2.45) is 0 Å². The van der Waals surface area contributed by atoms with Gasteiger partial charge < -0.3 is 10.6 Å². The summed E-state index contributed by atoms with van der Waals surface area (Å²) in [6.07, 6.45) is 0.0807. The fourth-order valence-electron chi connectivity index (χ4n) is 2.95. The molecule has 0 bridgehead atoms. The lowest BCUT2D eigenvalue weighted by molar-refractivity contribution is -0.137. The van der Waals surface area contributed by atoms with Crippen LogP contribution in [0.3, 0.4) is 0 Å². The van der Waals surface area contributed by atoms with Gasteiger partial charge in [-0.15, -0.1) is 15.3 Å². The van der Waals surface area contributed by atoms with Crippen LogP contribution in [0.2, 0.25) is 0 Å². The lowest BCUT2D eigenvalue weighted by atomic mass is 10.1. The Morgan fingerprint density at radius 1 is 1.09 bits per heavy atom. The van der Waals surface area contributed by atoms with Crippen LogP contribution in [-0.2, 0) is 25.7 Å². The maximum absolute atomic E-state index is 12.8. The number of hydrogen-bond acceptors (Lipinski definition) is 7. The second-order valence-corrected chi connectivity index (χ2v) is 8.52. The van der Waals surface area contributed by atoms with Crippen molar-refractivity contribution in [3.05, 3.63) is 57.3 Å². The highest BCUT2D eigenvalue weighted by molar-refractivity contribution is 7.13. The highest BCUT2D eigenvalue weighted by atomic mass is 32.1. The van der Waals surface area contributed by atoms with Gasteiger partial charge in [0.2, 0.25) is 5.01 Å². The summed E-state index contributed by atoms with van der Waals surface area (Å²) in [5.41, 5.74) is -0.355. The van der Waals surface area contributed by atoms with Crippen LogP contribution in [-0.4, -0.2) is 43.6 Å². The molecule has 13 heteroatoms. The first-order valence-corrected chi connectivity index (χ1v) is 11.5. The Morgan fingerprint density at radius 2 is 1.91 bits per heavy atom. The van der Waals surface area contributed by atoms with Gasteiger partial charge in [0.1, 0.15) is 5.01 Å². The van der Waals surface area contributed by atoms with Crippen molar-refractivity contribution in [2.45, 2.75) is 51.9 Å². The Morgan fingerprint density at radius 3 is 2.68 bits per heavy atom. The van der Waals surface area contributed by atoms with Gasteiger partial charge in [-0.2, -0.15) is 13.2 Å². The number of unbranched alkanes of at least 4 members (excludes halogenated alkanes) is 1. The van der Waals surface area contributed by atoms with Crippen LogP contribution in [0, 0.1) is 0 Å². The first-order chi connectivity index (χ1) is 16.3. The summed E-state index contributed by atoms with van der Waals surface area (Å²) < 4.78 is 39.9. The van der Waals surface area contributed by atoms with E-state index in [2.05, 4.69) is 31.1 Å². The molecule has 0 aliphatic rings. The second-order valence-electron chi connectivity index (χ2n) is 7.46. The average Bonchev–Trinajstić information content (AvgIpc) is 3.48. The summed E-state index contributed by atoms with van der Waals surface area (Å²) in [7, 11) is 0. The minimum atomic E-state index is -4.44. The van der Waals surface area contributed by atoms with Crippen LogP contribution in [0.25, 0.3) is 0 Å². The number of halogens is 3. The van der Waals surface area contributed by atoms with Gasteiger partial charge in [0.05, 0.1) is 11.8 Å². The van der Waals surface area contributed by atoms with Gasteiger partial charge in [0.25, 0.3) is 11.8 Å². The maximum atomic E-state index is 12.8. The van der Waals surface area contributed by atoms with Crippen molar-refractivity contribution in [1.82, 2.24) is 35.8 Å². The number of aromatic nitrogens is 5. The second kappa shape index (κ2) is 11.7. The molecule has 2 amide bonds. The van der Waals surface area contributed by atoms with E-state index in [0.29, 0.717) is 30.1 Å². The zero-order valence-corrected chi connectivity index (χ0v) is 19.2. The van der Waals surface area contributed by atoms with E-state index in [0.717, 1.165) is 36.4 Å². The van der Waals surface area contributed by atoms with Gasteiger partial charge in [-0.25, -0.2) is 0 Å². The molecule has 2 aromatic heterocycles. The molecule has 34 heavy (non-hydrogen) atoms. The molecule has 0 aliphatic heterocycles. The van der Waals surface area contributed by atoms with E-state index < -0.39 is 17.6 Å². The van der Waals surface area contributed by atoms with Crippen molar-refractivity contribution in [3.8, 4) is 0 Å². The number of benzene rings is 1. The van der Waals surface area contributed by atoms with E-state index in [-0.39, 0.29) is 18.1 Å². The van der Waals surface area contributed by atoms with Crippen LogP contribution in [0.1, 0.15) is 62.6 Å². The highest BCUT2D eigenvalue weighted by Gasteiger charge is 2.30. The number of alkyl halides is 3. The monoisotopic (exact) mass is 495 g/mol. The summed E-state index contributed by atoms with van der Waals surface area (Å²) in [5.74, 6) is -0.738. The fraction of sp³-hybridized carbons (Fsp3) is 0.429. The van der Waals surface area contributed by atoms with Crippen molar-refractivity contribution < 1.29 is 22.8 Å². The number of carbonyl (C=O) groups is 2. The quantitative estimate of drug-likeness (QED) is 0.395. The zero-order valence-electron chi connectivity index (χ0n) is 18.4. The molecular weight excluding hydrogens is 471 g/mol. The molecule has 1 aromatic carbocycles. The third kappa shape index (κ3) is 7.33. The Hall–Kier alpha value is -3.35. The van der Waals surface area contributed by atoms with Gasteiger partial charge in [-0.1, -0.05) is 35.6 Å². The molecular formula is C21H24F3N7O2S. The Kier molecular flexibility index (Phi) is 8.68. The van der Waals surface area contributed by atoms with Gasteiger partial charge in [-0.05, 0) is 37.0 Å². The SMILES string of the molecule is CCCNC(=O)c1nnc(CCCCn2cc(C(=O)NCc3cccc(C(F)(F)F)c3)nn2)s1. The third-order valence-electron chi connectivity index (χ3n) is 4.70. The number of amides is 2. The molecule has 2 N–H and O–H groups in total. The van der Waals surface area contributed by atoms with Crippen LogP contribution in [0.15, 0.2) is 30.5 Å². The summed E-state index contributed by atoms with van der Waals surface area (Å²) in [5, 5.41) is 22.1. The van der Waals surface area contributed by atoms with E-state index in [1.807, 2.05) is 6.92 Å². The molecule has 0 fully saturated rings. The molecule has 0 radical (unpaired) electrons. The molecule has 0 saturated heterocycles. The van der Waals surface area contributed by atoms with E-state index in [4.69, 9.17) is 0 Å². The van der Waals surface area contributed by atoms with Crippen LogP contribution in [0.5, 0.6) is 0 Å². The van der Waals surface area contributed by atoms with Crippen LogP contribution >= 0.6 is 11.3 Å². The average molecular weight is 496 g/mol. The van der Waals surface area contributed by atoms with Crippen LogP contribution < -0.4 is 10.6 Å².